The highest BCUT2D eigenvalue weighted by molar-refractivity contribution is 7.09. The van der Waals surface area contributed by atoms with Crippen LogP contribution in [0.1, 0.15) is 17.6 Å². The number of hydrogen-bond acceptors (Lipinski definition) is 3. The van der Waals surface area contributed by atoms with Crippen molar-refractivity contribution in [3.63, 3.8) is 0 Å². The van der Waals surface area contributed by atoms with Gasteiger partial charge in [-0.1, -0.05) is 0 Å². The van der Waals surface area contributed by atoms with Gasteiger partial charge in [0.2, 0.25) is 0 Å². The minimum absolute atomic E-state index is 0.0515. The molecule has 0 aromatic carbocycles. The van der Waals surface area contributed by atoms with Gasteiger partial charge in [-0.25, -0.2) is 4.98 Å². The molecule has 0 radical (unpaired) electrons. The first kappa shape index (κ1) is 8.14. The fourth-order valence-electron chi connectivity index (χ4n) is 0.659. The molecule has 3 heteroatoms. The van der Waals surface area contributed by atoms with Gasteiger partial charge in [-0.2, -0.15) is 0 Å². The number of aromatic nitrogens is 1. The van der Waals surface area contributed by atoms with Gasteiger partial charge in [-0.05, 0) is 26.0 Å². The summed E-state index contributed by atoms with van der Waals surface area (Å²) in [5, 5.41) is 2.95. The Morgan fingerprint density at radius 2 is 2.45 bits per heavy atom. The number of aryl methyl sites for hydroxylation is 1. The second-order valence-corrected chi connectivity index (χ2v) is 3.30. The maximum Gasteiger partial charge on any atom is 0.152 e. The van der Waals surface area contributed by atoms with E-state index in [0.717, 1.165) is 10.7 Å². The fraction of sp³-hybridized carbons (Fsp3) is 0.250. The molecule has 0 amide bonds. The van der Waals surface area contributed by atoms with Crippen molar-refractivity contribution < 1.29 is 4.79 Å². The molecule has 1 aromatic rings. The van der Waals surface area contributed by atoms with E-state index in [4.69, 9.17) is 0 Å². The molecule has 0 unspecified atom stereocenters. The van der Waals surface area contributed by atoms with Crippen LogP contribution in [-0.2, 0) is 4.79 Å². The normalized spacial score (nSPS) is 10.7. The van der Waals surface area contributed by atoms with Gasteiger partial charge in [-0.15, -0.1) is 11.3 Å². The van der Waals surface area contributed by atoms with Gasteiger partial charge in [0.15, 0.2) is 5.78 Å². The van der Waals surface area contributed by atoms with Crippen LogP contribution in [0.2, 0.25) is 0 Å². The molecule has 0 spiro atoms. The van der Waals surface area contributed by atoms with Gasteiger partial charge in [-0.3, -0.25) is 4.79 Å². The molecule has 58 valence electrons. The number of carbonyl (C=O) groups excluding carboxylic acids is 1. The summed E-state index contributed by atoms with van der Waals surface area (Å²) < 4.78 is 0. The Bertz CT molecular complexity index is 288. The SMILES string of the molecule is CC(=O)/C=C/c1csc(C)n1. The highest BCUT2D eigenvalue weighted by Crippen LogP contribution is 2.08. The predicted octanol–water partition coefficient (Wildman–Crippen LogP) is 2.05. The largest absolute Gasteiger partial charge is 0.295 e. The zero-order valence-corrected chi connectivity index (χ0v) is 7.31. The van der Waals surface area contributed by atoms with Crippen molar-refractivity contribution in [3.05, 3.63) is 22.2 Å². The number of thiazole rings is 1. The van der Waals surface area contributed by atoms with Gasteiger partial charge < -0.3 is 0 Å². The number of hydrogen-bond donors (Lipinski definition) is 0. The van der Waals surface area contributed by atoms with E-state index in [-0.39, 0.29) is 5.78 Å². The van der Waals surface area contributed by atoms with Crippen LogP contribution in [-0.4, -0.2) is 10.8 Å². The molecule has 0 fully saturated rings. The summed E-state index contributed by atoms with van der Waals surface area (Å²) in [5.74, 6) is 0.0515. The molecule has 0 atom stereocenters. The van der Waals surface area contributed by atoms with Gasteiger partial charge in [0, 0.05) is 5.38 Å². The highest BCUT2D eigenvalue weighted by Gasteiger charge is 1.92. The summed E-state index contributed by atoms with van der Waals surface area (Å²) in [6.07, 6.45) is 3.25. The van der Waals surface area contributed by atoms with Crippen LogP contribution >= 0.6 is 11.3 Å². The van der Waals surface area contributed by atoms with Crippen LogP contribution in [0.25, 0.3) is 6.08 Å². The summed E-state index contributed by atoms with van der Waals surface area (Å²) in [6.45, 7) is 3.46. The number of rotatable bonds is 2. The van der Waals surface area contributed by atoms with Crippen molar-refractivity contribution in [3.8, 4) is 0 Å². The zero-order valence-electron chi connectivity index (χ0n) is 6.50. The third kappa shape index (κ3) is 2.63. The Kier molecular flexibility index (Phi) is 2.54. The summed E-state index contributed by atoms with van der Waals surface area (Å²) in [5.41, 5.74) is 0.864. The quantitative estimate of drug-likeness (QED) is 0.631. The molecule has 0 saturated heterocycles. The zero-order chi connectivity index (χ0) is 8.27. The predicted molar refractivity (Wildman–Crippen MR) is 46.6 cm³/mol. The lowest BCUT2D eigenvalue weighted by Gasteiger charge is -1.79. The average molecular weight is 167 g/mol. The van der Waals surface area contributed by atoms with Gasteiger partial charge in [0.1, 0.15) is 0 Å². The second-order valence-electron chi connectivity index (χ2n) is 2.24. The molecule has 0 saturated carbocycles. The Balaban J connectivity index is 2.71. The minimum atomic E-state index is 0.0515. The van der Waals surface area contributed by atoms with Crippen LogP contribution in [0.3, 0.4) is 0 Å². The lowest BCUT2D eigenvalue weighted by molar-refractivity contribution is -0.112. The molecular formula is C8H9NOS. The number of nitrogens with zero attached hydrogens (tertiary/aromatic N) is 1. The molecule has 0 N–H and O–H groups in total. The van der Waals surface area contributed by atoms with Crippen molar-refractivity contribution >= 4 is 23.2 Å². The Morgan fingerprint density at radius 3 is 2.91 bits per heavy atom. The lowest BCUT2D eigenvalue weighted by atomic mass is 10.3. The first-order valence-electron chi connectivity index (χ1n) is 3.29. The smallest absolute Gasteiger partial charge is 0.152 e. The molecule has 0 aliphatic rings. The number of allylic oxidation sites excluding steroid dienone is 1. The highest BCUT2D eigenvalue weighted by atomic mass is 32.1. The molecule has 11 heavy (non-hydrogen) atoms. The monoisotopic (exact) mass is 167 g/mol. The molecule has 1 aromatic heterocycles. The molecule has 1 rings (SSSR count). The van der Waals surface area contributed by atoms with Crippen molar-refractivity contribution in [2.75, 3.05) is 0 Å². The van der Waals surface area contributed by atoms with E-state index in [1.807, 2.05) is 12.3 Å². The van der Waals surface area contributed by atoms with Gasteiger partial charge in [0.25, 0.3) is 0 Å². The summed E-state index contributed by atoms with van der Waals surface area (Å²) >= 11 is 1.58. The standard InChI is InChI=1S/C8H9NOS/c1-6(10)3-4-8-5-11-7(2)9-8/h3-5H,1-2H3/b4-3+. The van der Waals surface area contributed by atoms with E-state index >= 15 is 0 Å². The summed E-state index contributed by atoms with van der Waals surface area (Å²) in [4.78, 5) is 14.7. The van der Waals surface area contributed by atoms with E-state index in [9.17, 15) is 4.79 Å². The molecule has 1 heterocycles. The van der Waals surface area contributed by atoms with Gasteiger partial charge >= 0.3 is 0 Å². The molecule has 0 aliphatic heterocycles. The first-order valence-corrected chi connectivity index (χ1v) is 4.17. The maximum absolute atomic E-state index is 10.5. The molecule has 0 aliphatic carbocycles. The van der Waals surface area contributed by atoms with Crippen LogP contribution < -0.4 is 0 Å². The van der Waals surface area contributed by atoms with E-state index in [1.54, 1.807) is 17.4 Å². The van der Waals surface area contributed by atoms with Gasteiger partial charge in [0.05, 0.1) is 10.7 Å². The number of ketones is 1. The minimum Gasteiger partial charge on any atom is -0.295 e. The average Bonchev–Trinajstić information content (AvgIpc) is 2.31. The van der Waals surface area contributed by atoms with Crippen LogP contribution in [0.5, 0.6) is 0 Å². The maximum atomic E-state index is 10.5. The van der Waals surface area contributed by atoms with Crippen molar-refractivity contribution in [1.82, 2.24) is 4.98 Å². The molecule has 2 nitrogen and oxygen atoms in total. The first-order chi connectivity index (χ1) is 5.18. The van der Waals surface area contributed by atoms with E-state index in [1.165, 1.54) is 13.0 Å². The Morgan fingerprint density at radius 1 is 1.73 bits per heavy atom. The number of carbonyl (C=O) groups is 1. The van der Waals surface area contributed by atoms with Crippen molar-refractivity contribution in [2.45, 2.75) is 13.8 Å². The van der Waals surface area contributed by atoms with E-state index in [0.29, 0.717) is 0 Å². The topological polar surface area (TPSA) is 30.0 Å². The summed E-state index contributed by atoms with van der Waals surface area (Å²) in [7, 11) is 0. The van der Waals surface area contributed by atoms with Crippen LogP contribution in [0.15, 0.2) is 11.5 Å². The molecular weight excluding hydrogens is 158 g/mol. The van der Waals surface area contributed by atoms with Crippen molar-refractivity contribution in [2.24, 2.45) is 0 Å². The van der Waals surface area contributed by atoms with Crippen LogP contribution in [0.4, 0.5) is 0 Å². The third-order valence-electron chi connectivity index (χ3n) is 1.13. The molecule has 0 bridgehead atoms. The fourth-order valence-corrected chi connectivity index (χ4v) is 1.24. The second kappa shape index (κ2) is 3.44. The van der Waals surface area contributed by atoms with E-state index in [2.05, 4.69) is 4.98 Å². The van der Waals surface area contributed by atoms with Crippen LogP contribution in [0, 0.1) is 6.92 Å². The Hall–Kier alpha value is -0.960. The van der Waals surface area contributed by atoms with Crippen molar-refractivity contribution in [1.29, 1.82) is 0 Å². The lowest BCUT2D eigenvalue weighted by Crippen LogP contribution is -1.79. The van der Waals surface area contributed by atoms with E-state index < -0.39 is 0 Å². The third-order valence-corrected chi connectivity index (χ3v) is 1.92. The Labute approximate surface area is 69.6 Å². The summed E-state index contributed by atoms with van der Waals surface area (Å²) in [6, 6.07) is 0.